The SMILES string of the molecule is CC[Si](CC)(CC)O[C@@]1(C[C@@H](O)c2ccccn2)CCC2=Cc3c(cnn3-c3ccc(F)cc3)C[C@@]21C. The third-order valence-corrected chi connectivity index (χ3v) is 13.9. The number of benzene rings is 1. The minimum atomic E-state index is -2.01. The third kappa shape index (κ3) is 4.41. The minimum Gasteiger partial charge on any atom is -0.410 e. The molecule has 0 amide bonds. The Kier molecular flexibility index (Phi) is 6.98. The normalized spacial score (nSPS) is 23.9. The molecular formula is C30H38FN3O2Si. The van der Waals surface area contributed by atoms with E-state index in [9.17, 15) is 9.50 Å². The first kappa shape index (κ1) is 26.0. The Bertz CT molecular complexity index is 1260. The van der Waals surface area contributed by atoms with Crippen LogP contribution < -0.4 is 0 Å². The van der Waals surface area contributed by atoms with Gasteiger partial charge in [0.05, 0.1) is 35.0 Å². The van der Waals surface area contributed by atoms with Crippen LogP contribution in [0.15, 0.2) is 60.4 Å². The van der Waals surface area contributed by atoms with E-state index < -0.39 is 20.0 Å². The van der Waals surface area contributed by atoms with Crippen molar-refractivity contribution in [3.8, 4) is 5.69 Å². The van der Waals surface area contributed by atoms with E-state index in [2.05, 4.69) is 38.8 Å². The Balaban J connectivity index is 1.57. The van der Waals surface area contributed by atoms with Gasteiger partial charge in [0.1, 0.15) is 5.82 Å². The molecule has 196 valence electrons. The molecule has 7 heteroatoms. The number of aliphatic hydroxyl groups is 1. The van der Waals surface area contributed by atoms with Gasteiger partial charge in [0.15, 0.2) is 8.32 Å². The highest BCUT2D eigenvalue weighted by Gasteiger charge is 2.59. The van der Waals surface area contributed by atoms with E-state index in [4.69, 9.17) is 9.52 Å². The molecule has 0 unspecified atom stereocenters. The van der Waals surface area contributed by atoms with E-state index in [0.29, 0.717) is 12.1 Å². The third-order valence-electron chi connectivity index (χ3n) is 9.22. The maximum absolute atomic E-state index is 13.6. The zero-order chi connectivity index (χ0) is 26.3. The number of fused-ring (bicyclic) bond motifs is 2. The quantitative estimate of drug-likeness (QED) is 0.308. The van der Waals surface area contributed by atoms with Gasteiger partial charge in [-0.2, -0.15) is 5.10 Å². The first-order valence-electron chi connectivity index (χ1n) is 13.6. The Morgan fingerprint density at radius 3 is 2.49 bits per heavy atom. The van der Waals surface area contributed by atoms with Crippen molar-refractivity contribution in [2.75, 3.05) is 0 Å². The molecule has 1 N–H and O–H groups in total. The first-order valence-corrected chi connectivity index (χ1v) is 16.1. The van der Waals surface area contributed by atoms with Crippen LogP contribution in [0, 0.1) is 11.2 Å². The molecule has 3 aromatic rings. The fraction of sp³-hybridized carbons (Fsp3) is 0.467. The van der Waals surface area contributed by atoms with Crippen LogP contribution in [0.2, 0.25) is 18.1 Å². The van der Waals surface area contributed by atoms with Gasteiger partial charge >= 0.3 is 0 Å². The van der Waals surface area contributed by atoms with Crippen LogP contribution in [0.5, 0.6) is 0 Å². The van der Waals surface area contributed by atoms with Crippen molar-refractivity contribution in [2.45, 2.75) is 83.2 Å². The molecule has 0 radical (unpaired) electrons. The van der Waals surface area contributed by atoms with Crippen molar-refractivity contribution in [1.82, 2.24) is 14.8 Å². The number of rotatable bonds is 9. The van der Waals surface area contributed by atoms with Crippen molar-refractivity contribution < 1.29 is 13.9 Å². The smallest absolute Gasteiger partial charge is 0.192 e. The molecule has 1 aromatic carbocycles. The fourth-order valence-corrected chi connectivity index (χ4v) is 9.78. The molecule has 37 heavy (non-hydrogen) atoms. The van der Waals surface area contributed by atoms with Gasteiger partial charge in [-0.05, 0) is 85.4 Å². The molecule has 0 aliphatic heterocycles. The molecule has 2 aliphatic rings. The Hall–Kier alpha value is -2.61. The lowest BCUT2D eigenvalue weighted by atomic mass is 9.65. The van der Waals surface area contributed by atoms with Gasteiger partial charge in [0.2, 0.25) is 0 Å². The summed E-state index contributed by atoms with van der Waals surface area (Å²) in [6.45, 7) is 9.13. The van der Waals surface area contributed by atoms with E-state index in [1.165, 1.54) is 17.7 Å². The fourth-order valence-electron chi connectivity index (χ4n) is 6.61. The van der Waals surface area contributed by atoms with Crippen molar-refractivity contribution in [2.24, 2.45) is 5.41 Å². The molecule has 1 saturated carbocycles. The monoisotopic (exact) mass is 519 g/mol. The van der Waals surface area contributed by atoms with E-state index >= 15 is 0 Å². The highest BCUT2D eigenvalue weighted by molar-refractivity contribution is 6.73. The van der Waals surface area contributed by atoms with E-state index in [1.54, 1.807) is 18.3 Å². The number of hydrogen-bond donors (Lipinski definition) is 1. The number of aliphatic hydroxyl groups excluding tert-OH is 1. The minimum absolute atomic E-state index is 0.254. The summed E-state index contributed by atoms with van der Waals surface area (Å²) in [6, 6.07) is 15.4. The number of pyridine rings is 1. The molecular weight excluding hydrogens is 481 g/mol. The number of nitrogens with zero attached hydrogens (tertiary/aromatic N) is 3. The summed E-state index contributed by atoms with van der Waals surface area (Å²) < 4.78 is 22.9. The highest BCUT2D eigenvalue weighted by atomic mass is 28.4. The Morgan fingerprint density at radius 1 is 1.11 bits per heavy atom. The lowest BCUT2D eigenvalue weighted by Crippen LogP contribution is -2.55. The summed E-state index contributed by atoms with van der Waals surface area (Å²) >= 11 is 0. The molecule has 5 rings (SSSR count). The maximum Gasteiger partial charge on any atom is 0.192 e. The van der Waals surface area contributed by atoms with Crippen LogP contribution in [0.25, 0.3) is 11.8 Å². The second-order valence-corrected chi connectivity index (χ2v) is 15.6. The standard InChI is InChI=1S/C30H38FN3O2Si/c1-5-37(6-2,7-3)36-30(20-28(35)26-10-8-9-17-32-26)16-15-23-18-27-22(19-29(23,30)4)21-33-34(27)25-13-11-24(31)12-14-25/h8-14,17-18,21,28,35H,5-7,15-16,19-20H2,1-4H3/t28-,29+,30-/m1/s1. The molecule has 5 nitrogen and oxygen atoms in total. The molecule has 0 bridgehead atoms. The summed E-state index contributed by atoms with van der Waals surface area (Å²) in [5.41, 5.74) is 4.37. The highest BCUT2D eigenvalue weighted by Crippen LogP contribution is 2.60. The molecule has 2 heterocycles. The van der Waals surface area contributed by atoms with Crippen molar-refractivity contribution >= 4 is 14.4 Å². The molecule has 0 saturated heterocycles. The molecule has 0 spiro atoms. The maximum atomic E-state index is 13.6. The number of hydrogen-bond acceptors (Lipinski definition) is 4. The summed E-state index contributed by atoms with van der Waals surface area (Å²) in [5.74, 6) is -0.254. The van der Waals surface area contributed by atoms with E-state index in [1.807, 2.05) is 29.1 Å². The molecule has 3 atom stereocenters. The summed E-state index contributed by atoms with van der Waals surface area (Å²) in [5, 5.41) is 16.1. The summed E-state index contributed by atoms with van der Waals surface area (Å²) in [7, 11) is -2.01. The zero-order valence-electron chi connectivity index (χ0n) is 22.4. The van der Waals surface area contributed by atoms with Gasteiger partial charge in [-0.15, -0.1) is 0 Å². The van der Waals surface area contributed by atoms with Crippen molar-refractivity contribution in [3.05, 3.63) is 83.2 Å². The van der Waals surface area contributed by atoms with Gasteiger partial charge in [-0.25, -0.2) is 9.07 Å². The number of halogens is 1. The first-order chi connectivity index (χ1) is 17.8. The van der Waals surface area contributed by atoms with Gasteiger partial charge in [-0.3, -0.25) is 4.98 Å². The molecule has 1 fully saturated rings. The van der Waals surface area contributed by atoms with Gasteiger partial charge in [0, 0.05) is 18.0 Å². The Morgan fingerprint density at radius 2 is 1.84 bits per heavy atom. The average molecular weight is 520 g/mol. The molecule has 2 aromatic heterocycles. The van der Waals surface area contributed by atoms with Crippen LogP contribution in [0.1, 0.15) is 70.0 Å². The van der Waals surface area contributed by atoms with Crippen LogP contribution in [-0.2, 0) is 10.8 Å². The molecule has 2 aliphatic carbocycles. The number of aromatic nitrogens is 3. The van der Waals surface area contributed by atoms with Gasteiger partial charge in [-0.1, -0.05) is 39.3 Å². The van der Waals surface area contributed by atoms with Gasteiger partial charge < -0.3 is 9.53 Å². The predicted octanol–water partition coefficient (Wildman–Crippen LogP) is 7.03. The topological polar surface area (TPSA) is 60.2 Å². The summed E-state index contributed by atoms with van der Waals surface area (Å²) in [4.78, 5) is 4.47. The second kappa shape index (κ2) is 9.93. The van der Waals surface area contributed by atoms with Crippen LogP contribution >= 0.6 is 0 Å². The largest absolute Gasteiger partial charge is 0.410 e. The second-order valence-electron chi connectivity index (χ2n) is 10.9. The van der Waals surface area contributed by atoms with E-state index in [-0.39, 0.29) is 11.2 Å². The van der Waals surface area contributed by atoms with Crippen LogP contribution in [0.4, 0.5) is 4.39 Å². The predicted molar refractivity (Wildman–Crippen MR) is 147 cm³/mol. The van der Waals surface area contributed by atoms with Gasteiger partial charge in [0.25, 0.3) is 0 Å². The van der Waals surface area contributed by atoms with Crippen molar-refractivity contribution in [3.63, 3.8) is 0 Å². The zero-order valence-corrected chi connectivity index (χ0v) is 23.4. The Labute approximate surface area is 220 Å². The van der Waals surface area contributed by atoms with Crippen LogP contribution in [-0.4, -0.2) is 33.8 Å². The lowest BCUT2D eigenvalue weighted by Gasteiger charge is -2.51. The lowest BCUT2D eigenvalue weighted by molar-refractivity contribution is -0.0622. The average Bonchev–Trinajstić information content (AvgIpc) is 3.44. The van der Waals surface area contributed by atoms with E-state index in [0.717, 1.165) is 54.3 Å². The summed E-state index contributed by atoms with van der Waals surface area (Å²) in [6.07, 6.45) is 8.38. The van der Waals surface area contributed by atoms with Crippen molar-refractivity contribution in [1.29, 1.82) is 0 Å². The van der Waals surface area contributed by atoms with Crippen LogP contribution in [0.3, 0.4) is 0 Å².